The number of carbonyl (C=O) groups excluding carboxylic acids is 1. The molecule has 4 nitrogen and oxygen atoms in total. The van der Waals surface area contributed by atoms with Gasteiger partial charge in [0.05, 0.1) is 0 Å². The van der Waals surface area contributed by atoms with Crippen molar-refractivity contribution in [3.05, 3.63) is 35.9 Å². The lowest BCUT2D eigenvalue weighted by Gasteiger charge is -2.18. The molecule has 0 bridgehead atoms. The molecule has 1 aromatic rings. The molecule has 0 saturated heterocycles. The van der Waals surface area contributed by atoms with Crippen LogP contribution in [0.1, 0.15) is 12.5 Å². The van der Waals surface area contributed by atoms with Gasteiger partial charge >= 0.3 is 0 Å². The molecule has 1 amide bonds. The maximum atomic E-state index is 10.2. The lowest BCUT2D eigenvalue weighted by atomic mass is 10.1. The minimum atomic E-state index is 0.578. The van der Waals surface area contributed by atoms with Gasteiger partial charge in [-0.15, -0.1) is 0 Å². The molecule has 86 valence electrons. The number of hydrazone groups is 1. The van der Waals surface area contributed by atoms with Crippen molar-refractivity contribution in [1.29, 1.82) is 0 Å². The van der Waals surface area contributed by atoms with Crippen molar-refractivity contribution in [2.75, 3.05) is 13.6 Å². The third kappa shape index (κ3) is 3.73. The maximum Gasteiger partial charge on any atom is 0.227 e. The summed E-state index contributed by atoms with van der Waals surface area (Å²) in [6.45, 7) is 2.90. The number of amides is 1. The van der Waals surface area contributed by atoms with Gasteiger partial charge in [-0.2, -0.15) is 5.10 Å². The first-order valence-corrected chi connectivity index (χ1v) is 5.28. The topological polar surface area (TPSA) is 44.7 Å². The molecule has 0 aliphatic heterocycles. The van der Waals surface area contributed by atoms with Gasteiger partial charge in [0.25, 0.3) is 0 Å². The number of carbonyl (C=O) groups is 1. The van der Waals surface area contributed by atoms with Crippen LogP contribution >= 0.6 is 0 Å². The van der Waals surface area contributed by atoms with E-state index in [0.717, 1.165) is 12.4 Å². The van der Waals surface area contributed by atoms with Gasteiger partial charge in [-0.25, -0.2) is 5.43 Å². The Kier molecular flexibility index (Phi) is 5.05. The highest BCUT2D eigenvalue weighted by atomic mass is 16.1. The van der Waals surface area contributed by atoms with Gasteiger partial charge in [0, 0.05) is 20.0 Å². The van der Waals surface area contributed by atoms with Crippen molar-refractivity contribution >= 4 is 12.2 Å². The molecule has 0 aromatic heterocycles. The van der Waals surface area contributed by atoms with Crippen LogP contribution in [-0.4, -0.2) is 30.7 Å². The Hall–Kier alpha value is -1.84. The van der Waals surface area contributed by atoms with Crippen LogP contribution in [0, 0.1) is 0 Å². The van der Waals surface area contributed by atoms with Gasteiger partial charge in [0.15, 0.2) is 0 Å². The van der Waals surface area contributed by atoms with Crippen molar-refractivity contribution in [3.63, 3.8) is 0 Å². The minimum Gasteiger partial charge on any atom is -0.362 e. The molecular weight excluding hydrogens is 202 g/mol. The van der Waals surface area contributed by atoms with Gasteiger partial charge < -0.3 is 4.90 Å². The quantitative estimate of drug-likeness (QED) is 0.350. The first-order chi connectivity index (χ1) is 7.77. The first-order valence-electron chi connectivity index (χ1n) is 5.28. The number of nitrogens with one attached hydrogen (secondary N) is 1. The number of hydrogen-bond donors (Lipinski definition) is 1. The predicted octanol–water partition coefficient (Wildman–Crippen LogP) is 1.24. The molecule has 16 heavy (non-hydrogen) atoms. The van der Waals surface area contributed by atoms with E-state index in [2.05, 4.69) is 10.5 Å². The van der Waals surface area contributed by atoms with E-state index >= 15 is 0 Å². The van der Waals surface area contributed by atoms with Gasteiger partial charge in [-0.05, 0) is 12.5 Å². The summed E-state index contributed by atoms with van der Waals surface area (Å²) in [7, 11) is 1.95. The van der Waals surface area contributed by atoms with Crippen molar-refractivity contribution in [2.24, 2.45) is 5.10 Å². The molecule has 4 heteroatoms. The lowest BCUT2D eigenvalue weighted by molar-refractivity contribution is -0.109. The Labute approximate surface area is 96.0 Å². The van der Waals surface area contributed by atoms with E-state index in [4.69, 9.17) is 0 Å². The Balaban J connectivity index is 2.74. The fourth-order valence-electron chi connectivity index (χ4n) is 1.32. The first kappa shape index (κ1) is 12.2. The SMILES string of the molecule is CCN(C)/C(Cc1ccccc1)=N\NC=O. The largest absolute Gasteiger partial charge is 0.362 e. The van der Waals surface area contributed by atoms with E-state index in [1.165, 1.54) is 5.56 Å². The van der Waals surface area contributed by atoms with Gasteiger partial charge in [0.2, 0.25) is 6.41 Å². The van der Waals surface area contributed by atoms with E-state index in [-0.39, 0.29) is 0 Å². The molecule has 0 saturated carbocycles. The Morgan fingerprint density at radius 3 is 2.69 bits per heavy atom. The second-order valence-electron chi connectivity index (χ2n) is 3.45. The highest BCUT2D eigenvalue weighted by Crippen LogP contribution is 2.02. The fourth-order valence-corrected chi connectivity index (χ4v) is 1.32. The number of amidine groups is 1. The van der Waals surface area contributed by atoms with Crippen LogP contribution in [-0.2, 0) is 11.2 Å². The zero-order chi connectivity index (χ0) is 11.8. The monoisotopic (exact) mass is 219 g/mol. The Morgan fingerprint density at radius 1 is 1.44 bits per heavy atom. The average Bonchev–Trinajstić information content (AvgIpc) is 2.34. The summed E-state index contributed by atoms with van der Waals surface area (Å²) >= 11 is 0. The molecule has 0 unspecified atom stereocenters. The summed E-state index contributed by atoms with van der Waals surface area (Å²) in [5.74, 6) is 0.848. The molecule has 0 aliphatic carbocycles. The van der Waals surface area contributed by atoms with Crippen LogP contribution in [0.5, 0.6) is 0 Å². The summed E-state index contributed by atoms with van der Waals surface area (Å²) in [4.78, 5) is 12.2. The second-order valence-corrected chi connectivity index (χ2v) is 3.45. The average molecular weight is 219 g/mol. The summed E-state index contributed by atoms with van der Waals surface area (Å²) in [6.07, 6.45) is 1.29. The van der Waals surface area contributed by atoms with Crippen LogP contribution < -0.4 is 5.43 Å². The van der Waals surface area contributed by atoms with Crippen LogP contribution in [0.3, 0.4) is 0 Å². The molecule has 1 N–H and O–H groups in total. The number of likely N-dealkylation sites (N-methyl/N-ethyl adjacent to an activating group) is 1. The molecule has 0 heterocycles. The van der Waals surface area contributed by atoms with E-state index in [1.54, 1.807) is 0 Å². The van der Waals surface area contributed by atoms with Crippen molar-refractivity contribution in [3.8, 4) is 0 Å². The van der Waals surface area contributed by atoms with Crippen molar-refractivity contribution < 1.29 is 4.79 Å². The maximum absolute atomic E-state index is 10.2. The molecule has 0 spiro atoms. The number of rotatable bonds is 5. The number of hydrogen-bond acceptors (Lipinski definition) is 2. The van der Waals surface area contributed by atoms with Gasteiger partial charge in [-0.3, -0.25) is 4.79 Å². The zero-order valence-electron chi connectivity index (χ0n) is 9.68. The summed E-state index contributed by atoms with van der Waals surface area (Å²) in [6, 6.07) is 10.0. The Morgan fingerprint density at radius 2 is 2.12 bits per heavy atom. The molecule has 0 fully saturated rings. The molecule has 1 rings (SSSR count). The van der Waals surface area contributed by atoms with Gasteiger partial charge in [-0.1, -0.05) is 30.3 Å². The minimum absolute atomic E-state index is 0.578. The summed E-state index contributed by atoms with van der Waals surface area (Å²) in [5, 5.41) is 4.03. The second kappa shape index (κ2) is 6.61. The molecule has 0 atom stereocenters. The van der Waals surface area contributed by atoms with Crippen LogP contribution in [0.4, 0.5) is 0 Å². The van der Waals surface area contributed by atoms with E-state index in [0.29, 0.717) is 12.8 Å². The third-order valence-electron chi connectivity index (χ3n) is 2.37. The third-order valence-corrected chi connectivity index (χ3v) is 2.37. The van der Waals surface area contributed by atoms with Crippen LogP contribution in [0.2, 0.25) is 0 Å². The summed E-state index contributed by atoms with van der Waals surface area (Å²) in [5.41, 5.74) is 3.52. The lowest BCUT2D eigenvalue weighted by Crippen LogP contribution is -2.30. The highest BCUT2D eigenvalue weighted by molar-refractivity contribution is 5.84. The van der Waals surface area contributed by atoms with Crippen molar-refractivity contribution in [2.45, 2.75) is 13.3 Å². The normalized spacial score (nSPS) is 11.0. The fraction of sp³-hybridized carbons (Fsp3) is 0.333. The molecular formula is C12H17N3O. The summed E-state index contributed by atoms with van der Waals surface area (Å²) < 4.78 is 0. The molecule has 1 aromatic carbocycles. The van der Waals surface area contributed by atoms with E-state index < -0.39 is 0 Å². The number of benzene rings is 1. The smallest absolute Gasteiger partial charge is 0.227 e. The van der Waals surface area contributed by atoms with Crippen molar-refractivity contribution in [1.82, 2.24) is 10.3 Å². The predicted molar refractivity (Wildman–Crippen MR) is 65.1 cm³/mol. The molecule has 0 aliphatic rings. The standard InChI is InChI=1S/C12H17N3O/c1-3-15(2)12(14-13-10-16)9-11-7-5-4-6-8-11/h4-8,10H,3,9H2,1-2H3,(H,13,16)/b14-12-. The van der Waals surface area contributed by atoms with Gasteiger partial charge in [0.1, 0.15) is 5.84 Å². The van der Waals surface area contributed by atoms with E-state index in [9.17, 15) is 4.79 Å². The zero-order valence-corrected chi connectivity index (χ0v) is 9.68. The highest BCUT2D eigenvalue weighted by Gasteiger charge is 2.05. The number of nitrogens with zero attached hydrogens (tertiary/aromatic N) is 2. The van der Waals surface area contributed by atoms with Crippen LogP contribution in [0.15, 0.2) is 35.4 Å². The van der Waals surface area contributed by atoms with E-state index in [1.807, 2.05) is 49.2 Å². The van der Waals surface area contributed by atoms with Crippen LogP contribution in [0.25, 0.3) is 0 Å². The Bertz CT molecular complexity index is 349. The molecule has 0 radical (unpaired) electrons.